The highest BCUT2D eigenvalue weighted by atomic mass is 16.6. The average Bonchev–Trinajstić information content (AvgIpc) is 4.18. The second-order valence-electron chi connectivity index (χ2n) is 21.4. The number of allylic oxidation sites excluding steroid dienone is 10. The first kappa shape index (κ1) is 45.2. The van der Waals surface area contributed by atoms with Crippen molar-refractivity contribution in [1.29, 1.82) is 0 Å². The maximum atomic E-state index is 6.96. The number of ether oxygens (including phenoxy) is 7. The number of nitrogens with zero attached hydrogens (tertiary/aromatic N) is 2. The number of rotatable bonds is 17. The van der Waals surface area contributed by atoms with Gasteiger partial charge in [-0.15, -0.1) is 10.2 Å². The third kappa shape index (κ3) is 9.36. The molecular weight excluding hydrogens is 805 g/mol. The van der Waals surface area contributed by atoms with Gasteiger partial charge in [0.15, 0.2) is 0 Å². The van der Waals surface area contributed by atoms with Crippen molar-refractivity contribution in [3.8, 4) is 11.5 Å². The van der Waals surface area contributed by atoms with Crippen LogP contribution in [0.25, 0.3) is 11.1 Å². The van der Waals surface area contributed by atoms with Crippen molar-refractivity contribution < 1.29 is 37.6 Å². The molecule has 4 fully saturated rings. The van der Waals surface area contributed by atoms with Crippen molar-refractivity contribution >= 4 is 11.1 Å². The van der Waals surface area contributed by atoms with Crippen molar-refractivity contribution in [2.45, 2.75) is 201 Å². The Balaban J connectivity index is 0.953. The van der Waals surface area contributed by atoms with Gasteiger partial charge in [-0.05, 0) is 120 Å². The summed E-state index contributed by atoms with van der Waals surface area (Å²) in [5.74, 6) is 5.52. The van der Waals surface area contributed by atoms with Crippen LogP contribution in [0, 0.1) is 16.2 Å². The van der Waals surface area contributed by atoms with E-state index in [-0.39, 0.29) is 71.2 Å². The second kappa shape index (κ2) is 17.0. The molecule has 7 aliphatic rings. The van der Waals surface area contributed by atoms with Crippen LogP contribution < -0.4 is 9.47 Å². The first-order valence-corrected chi connectivity index (χ1v) is 24.3. The predicted octanol–water partition coefficient (Wildman–Crippen LogP) is 12.5. The van der Waals surface area contributed by atoms with E-state index in [2.05, 4.69) is 142 Å². The van der Waals surface area contributed by atoms with Crippen molar-refractivity contribution in [3.63, 3.8) is 0 Å². The topological polar surface area (TPSA) is 117 Å². The summed E-state index contributed by atoms with van der Waals surface area (Å²) >= 11 is 0. The quantitative estimate of drug-likeness (QED) is 0.142. The Hall–Kier alpha value is -3.96. The molecule has 3 aliphatic carbocycles. The maximum Gasteiger partial charge on any atom is 0.244 e. The van der Waals surface area contributed by atoms with Gasteiger partial charge in [0.1, 0.15) is 34.4 Å². The fourth-order valence-electron chi connectivity index (χ4n) is 10.3. The molecule has 0 spiro atoms. The summed E-state index contributed by atoms with van der Waals surface area (Å²) in [6, 6.07) is 6.29. The lowest BCUT2D eigenvalue weighted by molar-refractivity contribution is 0.0779. The SMILES string of the molecule is CCC(C)(CC)Oc1ccc(OC2=CC(C3OC3C)(C3OC3C)C=C(OC3=CC=C(c4nnc(C5=CC=C(C(C)(C)CC)CC(C)(C)C5)o4)CC3)CC2)cc1C(C1OC1C)C1OC1C. The molecule has 0 radical (unpaired) electrons. The van der Waals surface area contributed by atoms with Gasteiger partial charge in [-0.2, -0.15) is 0 Å². The molecule has 0 bridgehead atoms. The minimum atomic E-state index is -0.549. The third-order valence-electron chi connectivity index (χ3n) is 15.4. The molecule has 9 rings (SSSR count). The van der Waals surface area contributed by atoms with Gasteiger partial charge in [-0.3, -0.25) is 0 Å². The summed E-state index contributed by atoms with van der Waals surface area (Å²) in [4.78, 5) is 0. The molecule has 1 aromatic heterocycles. The molecule has 64 heavy (non-hydrogen) atoms. The Morgan fingerprint density at radius 1 is 0.672 bits per heavy atom. The summed E-state index contributed by atoms with van der Waals surface area (Å²) in [6.07, 6.45) is 21.3. The molecule has 2 aromatic rings. The van der Waals surface area contributed by atoms with Crippen LogP contribution in [0.1, 0.15) is 164 Å². The Kier molecular flexibility index (Phi) is 12.0. The third-order valence-corrected chi connectivity index (χ3v) is 15.4. The molecule has 4 saturated heterocycles. The van der Waals surface area contributed by atoms with E-state index in [9.17, 15) is 0 Å². The number of hydrogen-bond donors (Lipinski definition) is 0. The van der Waals surface area contributed by atoms with E-state index in [0.717, 1.165) is 84.0 Å². The highest BCUT2D eigenvalue weighted by Crippen LogP contribution is 2.55. The van der Waals surface area contributed by atoms with Crippen molar-refractivity contribution in [1.82, 2.24) is 10.2 Å². The van der Waals surface area contributed by atoms with E-state index in [0.29, 0.717) is 31.0 Å². The lowest BCUT2D eigenvalue weighted by Gasteiger charge is -2.32. The lowest BCUT2D eigenvalue weighted by atomic mass is 9.73. The molecule has 4 aliphatic heterocycles. The smallest absolute Gasteiger partial charge is 0.244 e. The van der Waals surface area contributed by atoms with Crippen LogP contribution in [0.5, 0.6) is 11.5 Å². The Bertz CT molecular complexity index is 2250. The number of epoxide rings is 4. The van der Waals surface area contributed by atoms with Crippen molar-refractivity contribution in [2.24, 2.45) is 16.2 Å². The second-order valence-corrected chi connectivity index (χ2v) is 21.4. The molecule has 1 aromatic carbocycles. The van der Waals surface area contributed by atoms with Gasteiger partial charge in [0.05, 0.1) is 54.2 Å². The Labute approximate surface area is 381 Å². The predicted molar refractivity (Wildman–Crippen MR) is 248 cm³/mol. The lowest BCUT2D eigenvalue weighted by Crippen LogP contribution is -2.32. The van der Waals surface area contributed by atoms with Crippen LogP contribution in [0.3, 0.4) is 0 Å². The van der Waals surface area contributed by atoms with E-state index >= 15 is 0 Å². The fraction of sp³-hybridized carbons (Fsp3) is 0.630. The zero-order valence-corrected chi connectivity index (χ0v) is 40.4. The summed E-state index contributed by atoms with van der Waals surface area (Å²) in [6.45, 7) is 26.7. The van der Waals surface area contributed by atoms with Gasteiger partial charge in [0.2, 0.25) is 11.8 Å². The first-order valence-electron chi connectivity index (χ1n) is 24.3. The molecule has 0 amide bonds. The van der Waals surface area contributed by atoms with E-state index in [4.69, 9.17) is 37.6 Å². The van der Waals surface area contributed by atoms with Crippen LogP contribution >= 0.6 is 0 Å². The number of benzene rings is 1. The van der Waals surface area contributed by atoms with Gasteiger partial charge in [0, 0.05) is 41.9 Å². The minimum absolute atomic E-state index is 0.0439. The molecule has 10 heteroatoms. The minimum Gasteiger partial charge on any atom is -0.487 e. The molecular formula is C54H72N2O8. The van der Waals surface area contributed by atoms with Gasteiger partial charge in [-0.1, -0.05) is 72.3 Å². The molecule has 8 unspecified atom stereocenters. The molecule has 10 nitrogen and oxygen atoms in total. The van der Waals surface area contributed by atoms with E-state index in [1.165, 1.54) is 5.57 Å². The number of aromatic nitrogens is 2. The average molecular weight is 877 g/mol. The van der Waals surface area contributed by atoms with Crippen LogP contribution in [-0.2, 0) is 23.7 Å². The van der Waals surface area contributed by atoms with Crippen molar-refractivity contribution in [3.05, 3.63) is 94.9 Å². The molecule has 5 heterocycles. The van der Waals surface area contributed by atoms with Gasteiger partial charge in [-0.25, -0.2) is 0 Å². The summed E-state index contributed by atoms with van der Waals surface area (Å²) < 4.78 is 51.9. The Morgan fingerprint density at radius 3 is 1.77 bits per heavy atom. The van der Waals surface area contributed by atoms with Gasteiger partial charge in [0.25, 0.3) is 0 Å². The first-order chi connectivity index (χ1) is 30.4. The zero-order chi connectivity index (χ0) is 45.3. The van der Waals surface area contributed by atoms with E-state index in [1.54, 1.807) is 0 Å². The largest absolute Gasteiger partial charge is 0.487 e. The summed E-state index contributed by atoms with van der Waals surface area (Å²) in [5.41, 5.74) is 4.06. The van der Waals surface area contributed by atoms with E-state index in [1.807, 2.05) is 6.07 Å². The van der Waals surface area contributed by atoms with E-state index < -0.39 is 5.41 Å². The van der Waals surface area contributed by atoms with Gasteiger partial charge >= 0.3 is 0 Å². The summed E-state index contributed by atoms with van der Waals surface area (Å²) in [5, 5.41) is 9.09. The standard InChI is InChI=1S/C54H72N2O8/c1-13-52(10,11)37-19-16-36(27-51(8,9)28-37)50-56-55-49(63-50)35-17-20-38(21-18-35)61-40-22-23-41(30-54(29-40,47-33(6)59-47)48-34(7)60-48)62-39-24-25-43(64-53(12,14-2)15-3)42(26-39)44(45-31(4)57-45)46-32(5)58-46/h16-17,19-20,24-26,29-34,44-48H,13-15,18,21-23,27-28H2,1-12H3. The van der Waals surface area contributed by atoms with Crippen LogP contribution in [-0.4, -0.2) is 64.6 Å². The summed E-state index contributed by atoms with van der Waals surface area (Å²) in [7, 11) is 0. The zero-order valence-electron chi connectivity index (χ0n) is 40.4. The van der Waals surface area contributed by atoms with Crippen LogP contribution in [0.2, 0.25) is 0 Å². The number of hydrogen-bond acceptors (Lipinski definition) is 10. The fourth-order valence-corrected chi connectivity index (χ4v) is 10.3. The normalized spacial score (nSPS) is 32.6. The van der Waals surface area contributed by atoms with Crippen LogP contribution in [0.15, 0.2) is 81.9 Å². The molecule has 0 saturated carbocycles. The molecule has 8 atom stereocenters. The highest BCUT2D eigenvalue weighted by molar-refractivity contribution is 5.66. The van der Waals surface area contributed by atoms with Gasteiger partial charge < -0.3 is 37.6 Å². The molecule has 346 valence electrons. The maximum absolute atomic E-state index is 6.96. The Morgan fingerprint density at radius 2 is 1.23 bits per heavy atom. The molecule has 0 N–H and O–H groups in total. The van der Waals surface area contributed by atoms with Crippen molar-refractivity contribution in [2.75, 3.05) is 0 Å². The highest BCUT2D eigenvalue weighted by Gasteiger charge is 2.62. The monoisotopic (exact) mass is 877 g/mol. The van der Waals surface area contributed by atoms with Crippen LogP contribution in [0.4, 0.5) is 0 Å².